The Balaban J connectivity index is 1.97. The van der Waals surface area contributed by atoms with Crippen molar-refractivity contribution in [2.45, 2.75) is 45.3 Å². The van der Waals surface area contributed by atoms with Gasteiger partial charge in [-0.3, -0.25) is 14.5 Å². The maximum absolute atomic E-state index is 13.6. The predicted octanol–water partition coefficient (Wildman–Crippen LogP) is 4.78. The van der Waals surface area contributed by atoms with Crippen LogP contribution in [0.5, 0.6) is 0 Å². The van der Waals surface area contributed by atoms with Crippen molar-refractivity contribution in [3.05, 3.63) is 63.0 Å². The number of amides is 2. The molecule has 9 heteroatoms. The third-order valence-electron chi connectivity index (χ3n) is 6.34. The van der Waals surface area contributed by atoms with Crippen LogP contribution in [0.4, 0.5) is 5.82 Å². The van der Waals surface area contributed by atoms with Crippen LogP contribution in [0.25, 0.3) is 5.69 Å². The molecule has 1 aliphatic heterocycles. The number of carbonyl (C=O) groups is 2. The molecule has 7 nitrogen and oxygen atoms in total. The summed E-state index contributed by atoms with van der Waals surface area (Å²) in [5.41, 5.74) is 4.81. The predicted molar refractivity (Wildman–Crippen MR) is 148 cm³/mol. The van der Waals surface area contributed by atoms with E-state index in [9.17, 15) is 9.59 Å². The van der Waals surface area contributed by atoms with Gasteiger partial charge in [-0.25, -0.2) is 4.68 Å². The van der Waals surface area contributed by atoms with E-state index in [2.05, 4.69) is 57.4 Å². The maximum Gasteiger partial charge on any atom is 0.240 e. The number of methoxy groups -OCH3 is 1. The van der Waals surface area contributed by atoms with Gasteiger partial charge in [0.25, 0.3) is 0 Å². The first kappa shape index (κ1) is 26.4. The number of fused-ring (bicyclic) bond motifs is 1. The van der Waals surface area contributed by atoms with Gasteiger partial charge in [0.05, 0.1) is 29.0 Å². The number of rotatable bonds is 7. The minimum Gasteiger partial charge on any atom is -0.383 e. The molecule has 1 atom stereocenters. The summed E-state index contributed by atoms with van der Waals surface area (Å²) in [5.74, 6) is 0.633. The van der Waals surface area contributed by atoms with Crippen molar-refractivity contribution >= 4 is 40.7 Å². The number of thiophene rings is 1. The first-order chi connectivity index (χ1) is 17.1. The number of aromatic nitrogens is 2. The molecule has 2 amide bonds. The Morgan fingerprint density at radius 1 is 1.22 bits per heavy atom. The molecule has 0 unspecified atom stereocenters. The van der Waals surface area contributed by atoms with E-state index in [4.69, 9.17) is 9.84 Å². The average Bonchev–Trinajstić information content (AvgIpc) is 3.46. The summed E-state index contributed by atoms with van der Waals surface area (Å²) in [6.07, 6.45) is 0. The number of thioether (sulfide) groups is 1. The van der Waals surface area contributed by atoms with Crippen molar-refractivity contribution in [3.8, 4) is 5.69 Å². The van der Waals surface area contributed by atoms with Crippen LogP contribution in [0.2, 0.25) is 0 Å². The summed E-state index contributed by atoms with van der Waals surface area (Å²) in [4.78, 5) is 29.4. The molecule has 0 aliphatic carbocycles. The number of ether oxygens (including phenoxy) is 1. The normalized spacial score (nSPS) is 16.1. The Morgan fingerprint density at radius 3 is 2.67 bits per heavy atom. The number of hydrogen-bond acceptors (Lipinski definition) is 6. The molecule has 0 fully saturated rings. The quantitative estimate of drug-likeness (QED) is 0.449. The van der Waals surface area contributed by atoms with Crippen molar-refractivity contribution in [1.82, 2.24) is 15.1 Å². The Morgan fingerprint density at radius 2 is 2.00 bits per heavy atom. The van der Waals surface area contributed by atoms with E-state index in [-0.39, 0.29) is 34.8 Å². The molecular weight excluding hydrogens is 492 g/mol. The maximum atomic E-state index is 13.6. The molecule has 1 aliphatic rings. The molecule has 0 radical (unpaired) electrons. The number of hydrogen-bond donors (Lipinski definition) is 1. The fraction of sp³-hybridized carbons (Fsp3) is 0.444. The van der Waals surface area contributed by atoms with Gasteiger partial charge in [-0.15, -0.1) is 23.1 Å². The number of nitrogens with zero attached hydrogens (tertiary/aromatic N) is 3. The van der Waals surface area contributed by atoms with Crippen molar-refractivity contribution in [3.63, 3.8) is 0 Å². The Labute approximate surface area is 221 Å². The highest BCUT2D eigenvalue weighted by molar-refractivity contribution is 8.00. The molecule has 192 valence electrons. The average molecular weight is 527 g/mol. The van der Waals surface area contributed by atoms with Crippen LogP contribution < -0.4 is 10.2 Å². The van der Waals surface area contributed by atoms with Gasteiger partial charge in [0.2, 0.25) is 11.8 Å². The molecule has 0 saturated carbocycles. The second-order valence-corrected chi connectivity index (χ2v) is 12.1. The fourth-order valence-corrected chi connectivity index (χ4v) is 6.54. The zero-order valence-electron chi connectivity index (χ0n) is 21.8. The van der Waals surface area contributed by atoms with E-state index in [1.165, 1.54) is 4.88 Å². The van der Waals surface area contributed by atoms with Gasteiger partial charge < -0.3 is 10.1 Å². The highest BCUT2D eigenvalue weighted by Crippen LogP contribution is 2.49. The smallest absolute Gasteiger partial charge is 0.240 e. The SMILES string of the molecule is COCCNC(=O)CN1C(=O)CS[C@@H](c2cccs2)c2c(C(C)(C)C)nn(-c3cccc(C)c3C)c21. The second kappa shape index (κ2) is 10.8. The third kappa shape index (κ3) is 5.23. The molecule has 1 N–H and O–H groups in total. The molecular formula is C27H34N4O3S2. The lowest BCUT2D eigenvalue weighted by Crippen LogP contribution is -2.43. The standard InChI is InChI=1S/C27H34N4O3S2/c1-17-9-7-10-19(18(17)2)31-26-23(25(29-31)27(3,4)5)24(20-11-8-14-35-20)36-16-22(33)30(26)15-21(32)28-12-13-34-6/h7-11,14,24H,12-13,15-16H2,1-6H3,(H,28,32)/t24-/m0/s1. The lowest BCUT2D eigenvalue weighted by molar-refractivity contribution is -0.123. The summed E-state index contributed by atoms with van der Waals surface area (Å²) in [7, 11) is 1.59. The third-order valence-corrected chi connectivity index (χ3v) is 8.66. The van der Waals surface area contributed by atoms with Gasteiger partial charge in [0, 0.05) is 29.5 Å². The van der Waals surface area contributed by atoms with Crippen LogP contribution in [-0.2, 0) is 19.7 Å². The van der Waals surface area contributed by atoms with Gasteiger partial charge in [0.15, 0.2) is 0 Å². The van der Waals surface area contributed by atoms with Crippen LogP contribution in [0.1, 0.15) is 53.3 Å². The lowest BCUT2D eigenvalue weighted by atomic mass is 9.88. The van der Waals surface area contributed by atoms with Gasteiger partial charge in [-0.1, -0.05) is 39.0 Å². The molecule has 0 saturated heterocycles. The largest absolute Gasteiger partial charge is 0.383 e. The number of carbonyl (C=O) groups excluding carboxylic acids is 2. The molecule has 0 spiro atoms. The van der Waals surface area contributed by atoms with Crippen LogP contribution in [0.15, 0.2) is 35.7 Å². The van der Waals surface area contributed by atoms with Crippen molar-refractivity contribution in [2.75, 3.05) is 37.5 Å². The second-order valence-electron chi connectivity index (χ2n) is 10.00. The Kier molecular flexibility index (Phi) is 7.92. The molecule has 3 heterocycles. The highest BCUT2D eigenvalue weighted by Gasteiger charge is 2.40. The van der Waals surface area contributed by atoms with Crippen LogP contribution in [-0.4, -0.2) is 54.2 Å². The van der Waals surface area contributed by atoms with Gasteiger partial charge in [-0.05, 0) is 42.5 Å². The zero-order chi connectivity index (χ0) is 26.0. The zero-order valence-corrected chi connectivity index (χ0v) is 23.4. The van der Waals surface area contributed by atoms with Crippen molar-refractivity contribution in [1.29, 1.82) is 0 Å². The molecule has 3 aromatic rings. The molecule has 4 rings (SSSR count). The van der Waals surface area contributed by atoms with Crippen LogP contribution >= 0.6 is 23.1 Å². The minimum absolute atomic E-state index is 0.0569. The fourth-order valence-electron chi connectivity index (χ4n) is 4.36. The molecule has 2 aromatic heterocycles. The first-order valence-corrected chi connectivity index (χ1v) is 14.0. The summed E-state index contributed by atoms with van der Waals surface area (Å²) in [6, 6.07) is 10.3. The number of aryl methyl sites for hydroxylation is 1. The van der Waals surface area contributed by atoms with E-state index in [1.54, 1.807) is 35.1 Å². The highest BCUT2D eigenvalue weighted by atomic mass is 32.2. The summed E-state index contributed by atoms with van der Waals surface area (Å²) < 4.78 is 6.96. The topological polar surface area (TPSA) is 76.5 Å². The van der Waals surface area contributed by atoms with Gasteiger partial charge in [-0.2, -0.15) is 5.10 Å². The van der Waals surface area contributed by atoms with Crippen LogP contribution in [0.3, 0.4) is 0 Å². The lowest BCUT2D eigenvalue weighted by Gasteiger charge is -2.24. The van der Waals surface area contributed by atoms with Crippen molar-refractivity contribution in [2.24, 2.45) is 0 Å². The Hall–Kier alpha value is -2.62. The van der Waals surface area contributed by atoms with Gasteiger partial charge in [0.1, 0.15) is 12.4 Å². The molecule has 36 heavy (non-hydrogen) atoms. The first-order valence-electron chi connectivity index (χ1n) is 12.0. The van der Waals surface area contributed by atoms with E-state index in [0.717, 1.165) is 28.1 Å². The van der Waals surface area contributed by atoms with E-state index >= 15 is 0 Å². The summed E-state index contributed by atoms with van der Waals surface area (Å²) in [5, 5.41) is 10.0. The van der Waals surface area contributed by atoms with Crippen LogP contribution in [0, 0.1) is 13.8 Å². The van der Waals surface area contributed by atoms with Crippen molar-refractivity contribution < 1.29 is 14.3 Å². The van der Waals surface area contributed by atoms with E-state index in [1.807, 2.05) is 22.9 Å². The summed E-state index contributed by atoms with van der Waals surface area (Å²) >= 11 is 3.29. The number of nitrogens with one attached hydrogen (secondary N) is 1. The summed E-state index contributed by atoms with van der Waals surface area (Å²) in [6.45, 7) is 11.3. The van der Waals surface area contributed by atoms with E-state index in [0.29, 0.717) is 19.0 Å². The minimum atomic E-state index is -0.275. The molecule has 1 aromatic carbocycles. The number of benzene rings is 1. The molecule has 0 bridgehead atoms. The Bertz CT molecular complexity index is 1240. The monoisotopic (exact) mass is 526 g/mol. The number of anilines is 1. The van der Waals surface area contributed by atoms with Gasteiger partial charge >= 0.3 is 0 Å². The van der Waals surface area contributed by atoms with E-state index < -0.39 is 0 Å².